The summed E-state index contributed by atoms with van der Waals surface area (Å²) in [6.45, 7) is 2.18. The minimum Gasteiger partial charge on any atom is -0.478 e. The lowest BCUT2D eigenvalue weighted by molar-refractivity contribution is 0.0291. The van der Waals surface area contributed by atoms with Gasteiger partial charge >= 0.3 is 5.97 Å². The number of carboxylic acids is 1. The highest BCUT2D eigenvalue weighted by Gasteiger charge is 2.37. The minimum atomic E-state index is -0.926. The van der Waals surface area contributed by atoms with Crippen molar-refractivity contribution in [2.45, 2.75) is 44.4 Å². The molecule has 0 aliphatic heterocycles. The van der Waals surface area contributed by atoms with Gasteiger partial charge in [-0.2, -0.15) is 0 Å². The smallest absolute Gasteiger partial charge is 0.335 e. The first kappa shape index (κ1) is 18.5. The van der Waals surface area contributed by atoms with Crippen LogP contribution in [0, 0.1) is 0 Å². The molecule has 0 unspecified atom stereocenters. The van der Waals surface area contributed by atoms with Gasteiger partial charge in [0.15, 0.2) is 5.72 Å². The van der Waals surface area contributed by atoms with Crippen LogP contribution in [-0.2, 0) is 0 Å². The molecule has 1 atom stereocenters. The lowest BCUT2D eigenvalue weighted by Crippen LogP contribution is -2.49. The molecule has 1 aliphatic carbocycles. The molecule has 0 amide bonds. The summed E-state index contributed by atoms with van der Waals surface area (Å²) < 4.78 is 6.40. The summed E-state index contributed by atoms with van der Waals surface area (Å²) >= 11 is 0. The number of rotatable bonds is 6. The zero-order valence-electron chi connectivity index (χ0n) is 16.0. The Kier molecular flexibility index (Phi) is 5.05. The number of ether oxygens (including phenoxy) is 1. The molecule has 0 bridgehead atoms. The number of carboxylic acid groups (broad SMARTS) is 1. The quantitative estimate of drug-likeness (QED) is 0.556. The number of carbonyl (C=O) groups is 1. The second kappa shape index (κ2) is 7.64. The van der Waals surface area contributed by atoms with Crippen molar-refractivity contribution in [1.82, 2.24) is 5.32 Å². The number of hydrogen-bond acceptors (Lipinski definition) is 3. The maximum Gasteiger partial charge on any atom is 0.335 e. The monoisotopic (exact) mass is 375 g/mol. The minimum absolute atomic E-state index is 0.127. The summed E-state index contributed by atoms with van der Waals surface area (Å²) in [5, 5.41) is 15.3. The highest BCUT2D eigenvalue weighted by Crippen LogP contribution is 2.35. The van der Waals surface area contributed by atoms with Crippen LogP contribution in [0.4, 0.5) is 0 Å². The first-order valence-corrected chi connectivity index (χ1v) is 9.84. The molecule has 0 aromatic heterocycles. The van der Waals surface area contributed by atoms with Crippen LogP contribution in [0.25, 0.3) is 10.8 Å². The molecule has 1 saturated carbocycles. The van der Waals surface area contributed by atoms with Gasteiger partial charge in [-0.05, 0) is 60.4 Å². The van der Waals surface area contributed by atoms with Crippen molar-refractivity contribution in [3.8, 4) is 5.75 Å². The molecule has 0 heterocycles. The molecule has 3 aromatic carbocycles. The van der Waals surface area contributed by atoms with Gasteiger partial charge in [0.05, 0.1) is 5.56 Å². The highest BCUT2D eigenvalue weighted by molar-refractivity contribution is 5.87. The van der Waals surface area contributed by atoms with E-state index in [0.29, 0.717) is 5.75 Å². The zero-order valence-corrected chi connectivity index (χ0v) is 16.0. The van der Waals surface area contributed by atoms with E-state index in [1.807, 2.05) is 0 Å². The predicted octanol–water partition coefficient (Wildman–Crippen LogP) is 5.54. The van der Waals surface area contributed by atoms with Gasteiger partial charge in [-0.15, -0.1) is 0 Å². The van der Waals surface area contributed by atoms with Crippen LogP contribution in [0.1, 0.15) is 54.6 Å². The summed E-state index contributed by atoms with van der Waals surface area (Å²) in [5.41, 5.74) is 1.10. The molecule has 4 rings (SSSR count). The van der Waals surface area contributed by atoms with Gasteiger partial charge in [0.2, 0.25) is 0 Å². The fourth-order valence-electron chi connectivity index (χ4n) is 4.21. The van der Waals surface area contributed by atoms with Crippen molar-refractivity contribution < 1.29 is 14.6 Å². The molecular formula is C24H25NO3. The van der Waals surface area contributed by atoms with Gasteiger partial charge in [-0.1, -0.05) is 42.5 Å². The van der Waals surface area contributed by atoms with Crippen LogP contribution in [0.2, 0.25) is 0 Å². The van der Waals surface area contributed by atoms with Gasteiger partial charge in [-0.3, -0.25) is 5.32 Å². The topological polar surface area (TPSA) is 58.6 Å². The molecule has 2 N–H and O–H groups in total. The molecule has 4 heteroatoms. The summed E-state index contributed by atoms with van der Waals surface area (Å²) in [6.07, 6.45) is 4.09. The van der Waals surface area contributed by atoms with Crippen LogP contribution in [-0.4, -0.2) is 16.8 Å². The lowest BCUT2D eigenvalue weighted by atomic mass is 9.98. The predicted molar refractivity (Wildman–Crippen MR) is 111 cm³/mol. The molecule has 28 heavy (non-hydrogen) atoms. The van der Waals surface area contributed by atoms with Crippen molar-refractivity contribution in [2.24, 2.45) is 0 Å². The van der Waals surface area contributed by atoms with Crippen molar-refractivity contribution in [2.75, 3.05) is 0 Å². The van der Waals surface area contributed by atoms with Gasteiger partial charge in [0.25, 0.3) is 0 Å². The number of hydrogen-bond donors (Lipinski definition) is 2. The maximum absolute atomic E-state index is 11.1. The van der Waals surface area contributed by atoms with E-state index in [0.717, 1.165) is 25.7 Å². The van der Waals surface area contributed by atoms with Crippen LogP contribution < -0.4 is 10.1 Å². The summed E-state index contributed by atoms with van der Waals surface area (Å²) in [4.78, 5) is 11.1. The molecule has 0 radical (unpaired) electrons. The Hall–Kier alpha value is -2.85. The summed E-state index contributed by atoms with van der Waals surface area (Å²) in [6, 6.07) is 21.6. The van der Waals surface area contributed by atoms with E-state index < -0.39 is 11.7 Å². The van der Waals surface area contributed by atoms with Crippen LogP contribution in [0.3, 0.4) is 0 Å². The molecule has 1 fully saturated rings. The zero-order chi connectivity index (χ0) is 19.6. The second-order valence-corrected chi connectivity index (χ2v) is 7.57. The SMILES string of the molecule is C[C@@H](NC1(Oc2ccc(C(=O)O)cc2)CCCC1)c1cccc2ccccc12. The molecule has 0 spiro atoms. The number of aromatic carboxylic acids is 1. The van der Waals surface area contributed by atoms with Crippen molar-refractivity contribution in [3.63, 3.8) is 0 Å². The molecule has 144 valence electrons. The fourth-order valence-corrected chi connectivity index (χ4v) is 4.21. The van der Waals surface area contributed by atoms with Crippen molar-refractivity contribution in [3.05, 3.63) is 77.9 Å². The highest BCUT2D eigenvalue weighted by atomic mass is 16.5. The van der Waals surface area contributed by atoms with Gasteiger partial charge in [0, 0.05) is 18.9 Å². The van der Waals surface area contributed by atoms with Gasteiger partial charge < -0.3 is 9.84 Å². The first-order chi connectivity index (χ1) is 13.6. The van der Waals surface area contributed by atoms with E-state index in [9.17, 15) is 4.79 Å². The van der Waals surface area contributed by atoms with Gasteiger partial charge in [0.1, 0.15) is 5.75 Å². The number of fused-ring (bicyclic) bond motifs is 1. The normalized spacial score (nSPS) is 16.8. The van der Waals surface area contributed by atoms with E-state index in [4.69, 9.17) is 9.84 Å². The van der Waals surface area contributed by atoms with Crippen LogP contribution in [0.5, 0.6) is 5.75 Å². The Balaban J connectivity index is 1.58. The maximum atomic E-state index is 11.1. The van der Waals surface area contributed by atoms with E-state index in [1.54, 1.807) is 24.3 Å². The van der Waals surface area contributed by atoms with Crippen molar-refractivity contribution in [1.29, 1.82) is 0 Å². The Morgan fingerprint density at radius 3 is 2.39 bits per heavy atom. The Morgan fingerprint density at radius 2 is 1.68 bits per heavy atom. The Morgan fingerprint density at radius 1 is 1.00 bits per heavy atom. The van der Waals surface area contributed by atoms with E-state index in [-0.39, 0.29) is 11.6 Å². The van der Waals surface area contributed by atoms with E-state index >= 15 is 0 Å². The lowest BCUT2D eigenvalue weighted by Gasteiger charge is -2.35. The summed E-state index contributed by atoms with van der Waals surface area (Å²) in [5.74, 6) is -0.227. The number of nitrogens with one attached hydrogen (secondary N) is 1. The second-order valence-electron chi connectivity index (χ2n) is 7.57. The molecule has 3 aromatic rings. The third kappa shape index (κ3) is 3.73. The van der Waals surface area contributed by atoms with E-state index in [2.05, 4.69) is 54.7 Å². The molecule has 0 saturated heterocycles. The van der Waals surface area contributed by atoms with Crippen LogP contribution in [0.15, 0.2) is 66.7 Å². The number of benzene rings is 3. The first-order valence-electron chi connectivity index (χ1n) is 9.84. The average molecular weight is 375 g/mol. The standard InChI is InChI=1S/C24H25NO3/c1-17(21-10-6-8-18-7-2-3-9-22(18)21)25-24(15-4-5-16-24)28-20-13-11-19(12-14-20)23(26)27/h2-3,6-14,17,25H,4-5,15-16H2,1H3,(H,26,27)/t17-/m1/s1. The molecule has 4 nitrogen and oxygen atoms in total. The Bertz CT molecular complexity index is 969. The van der Waals surface area contributed by atoms with Gasteiger partial charge in [-0.25, -0.2) is 4.79 Å². The van der Waals surface area contributed by atoms with E-state index in [1.165, 1.54) is 16.3 Å². The Labute approximate surface area is 165 Å². The molecule has 1 aliphatic rings. The largest absolute Gasteiger partial charge is 0.478 e. The summed E-state index contributed by atoms with van der Waals surface area (Å²) in [7, 11) is 0. The average Bonchev–Trinajstić information content (AvgIpc) is 3.15. The third-order valence-corrected chi connectivity index (χ3v) is 5.60. The molecular weight excluding hydrogens is 350 g/mol. The van der Waals surface area contributed by atoms with Crippen LogP contribution >= 0.6 is 0 Å². The van der Waals surface area contributed by atoms with Crippen molar-refractivity contribution >= 4 is 16.7 Å². The fraction of sp³-hybridized carbons (Fsp3) is 0.292. The third-order valence-electron chi connectivity index (χ3n) is 5.60.